The lowest BCUT2D eigenvalue weighted by Gasteiger charge is -2.08. The van der Waals surface area contributed by atoms with Gasteiger partial charge in [-0.3, -0.25) is 0 Å². The lowest BCUT2D eigenvalue weighted by molar-refractivity contribution is 0.336. The zero-order valence-electron chi connectivity index (χ0n) is 12.1. The van der Waals surface area contributed by atoms with Gasteiger partial charge in [0.05, 0.1) is 20.8 Å². The van der Waals surface area contributed by atoms with Gasteiger partial charge in [0.15, 0.2) is 5.82 Å². The summed E-state index contributed by atoms with van der Waals surface area (Å²) in [5.41, 5.74) is 0. The zero-order chi connectivity index (χ0) is 17.0. The van der Waals surface area contributed by atoms with Gasteiger partial charge in [0.25, 0.3) is 0 Å². The molecule has 0 saturated heterocycles. The van der Waals surface area contributed by atoms with Gasteiger partial charge < -0.3 is 9.47 Å². The number of hydrogen-bond acceptors (Lipinski definition) is 7. The second kappa shape index (κ2) is 6.79. The predicted molar refractivity (Wildman–Crippen MR) is 73.3 cm³/mol. The van der Waals surface area contributed by atoms with E-state index in [1.807, 2.05) is 0 Å². The highest BCUT2D eigenvalue weighted by Crippen LogP contribution is 2.16. The number of benzene rings is 1. The second-order valence-electron chi connectivity index (χ2n) is 4.12. The number of methoxy groups -OCH3 is 2. The fraction of sp³-hybridized carbons (Fsp3) is 0.250. The molecular formula is C12H12F2N4O4S. The fourth-order valence-electron chi connectivity index (χ4n) is 1.57. The Morgan fingerprint density at radius 3 is 2.22 bits per heavy atom. The number of halogens is 2. The van der Waals surface area contributed by atoms with E-state index in [9.17, 15) is 17.2 Å². The summed E-state index contributed by atoms with van der Waals surface area (Å²) in [5.74, 6) is -2.09. The summed E-state index contributed by atoms with van der Waals surface area (Å²) in [5, 5.41) is 0. The molecule has 0 aliphatic rings. The average molecular weight is 346 g/mol. The largest absolute Gasteiger partial charge is 0.467 e. The highest BCUT2D eigenvalue weighted by atomic mass is 32.2. The summed E-state index contributed by atoms with van der Waals surface area (Å²) in [6, 6.07) is 2.00. The van der Waals surface area contributed by atoms with Crippen LogP contribution in [0.5, 0.6) is 12.0 Å². The molecule has 1 N–H and O–H groups in total. The first-order chi connectivity index (χ1) is 10.9. The van der Waals surface area contributed by atoms with E-state index in [1.165, 1.54) is 14.2 Å². The molecular weight excluding hydrogens is 334 g/mol. The van der Waals surface area contributed by atoms with Crippen LogP contribution in [0.4, 0.5) is 8.78 Å². The SMILES string of the molecule is COc1nc(CNS(=O)(=O)c2ccc(F)cc2F)nc(OC)n1. The molecule has 0 aliphatic carbocycles. The predicted octanol–water partition coefficient (Wildman–Crippen LogP) is 0.645. The van der Waals surface area contributed by atoms with Crippen molar-refractivity contribution in [3.8, 4) is 12.0 Å². The molecule has 0 aliphatic heterocycles. The van der Waals surface area contributed by atoms with Crippen LogP contribution in [-0.2, 0) is 16.6 Å². The maximum Gasteiger partial charge on any atom is 0.322 e. The van der Waals surface area contributed by atoms with E-state index in [-0.39, 0.29) is 24.4 Å². The van der Waals surface area contributed by atoms with Crippen LogP contribution < -0.4 is 14.2 Å². The third kappa shape index (κ3) is 4.07. The Morgan fingerprint density at radius 1 is 1.09 bits per heavy atom. The number of ether oxygens (including phenoxy) is 2. The Labute approximate surface area is 130 Å². The smallest absolute Gasteiger partial charge is 0.322 e. The standard InChI is InChI=1S/C12H12F2N4O4S/c1-21-11-16-10(17-12(18-11)22-2)6-15-23(19,20)9-4-3-7(13)5-8(9)14/h3-5,15H,6H2,1-2H3. The average Bonchev–Trinajstić information content (AvgIpc) is 2.52. The summed E-state index contributed by atoms with van der Waals surface area (Å²) in [6.45, 7) is -0.367. The summed E-state index contributed by atoms with van der Waals surface area (Å²) in [4.78, 5) is 10.7. The number of sulfonamides is 1. The van der Waals surface area contributed by atoms with Crippen molar-refractivity contribution in [2.24, 2.45) is 0 Å². The van der Waals surface area contributed by atoms with Crippen molar-refractivity contribution >= 4 is 10.0 Å². The van der Waals surface area contributed by atoms with Gasteiger partial charge in [-0.25, -0.2) is 21.9 Å². The Kier molecular flexibility index (Phi) is 5.01. The molecule has 0 atom stereocenters. The minimum Gasteiger partial charge on any atom is -0.467 e. The molecule has 11 heteroatoms. The first-order valence-corrected chi connectivity index (χ1v) is 7.61. The molecule has 0 spiro atoms. The molecule has 1 aromatic heterocycles. The van der Waals surface area contributed by atoms with Gasteiger partial charge in [-0.05, 0) is 12.1 Å². The number of hydrogen-bond donors (Lipinski definition) is 1. The minimum absolute atomic E-state index is 0.000190. The summed E-state index contributed by atoms with van der Waals surface area (Å²) >= 11 is 0. The van der Waals surface area contributed by atoms with Crippen LogP contribution in [-0.4, -0.2) is 37.6 Å². The molecule has 0 bridgehead atoms. The van der Waals surface area contributed by atoms with Crippen molar-refractivity contribution in [3.63, 3.8) is 0 Å². The third-order valence-electron chi connectivity index (χ3n) is 2.61. The van der Waals surface area contributed by atoms with Crippen LogP contribution in [0.1, 0.15) is 5.82 Å². The molecule has 0 radical (unpaired) electrons. The Balaban J connectivity index is 2.22. The van der Waals surface area contributed by atoms with Gasteiger partial charge >= 0.3 is 12.0 Å². The van der Waals surface area contributed by atoms with Gasteiger partial charge in [0.1, 0.15) is 16.5 Å². The maximum absolute atomic E-state index is 13.6. The Bertz CT molecular complexity index is 794. The highest BCUT2D eigenvalue weighted by Gasteiger charge is 2.20. The molecule has 0 saturated carbocycles. The number of aromatic nitrogens is 3. The normalized spacial score (nSPS) is 11.3. The first-order valence-electron chi connectivity index (χ1n) is 6.13. The molecule has 1 aromatic carbocycles. The monoisotopic (exact) mass is 346 g/mol. The van der Waals surface area contributed by atoms with Gasteiger partial charge in [0.2, 0.25) is 10.0 Å². The van der Waals surface area contributed by atoms with Crippen LogP contribution in [0.15, 0.2) is 23.1 Å². The van der Waals surface area contributed by atoms with Crippen molar-refractivity contribution < 1.29 is 26.7 Å². The molecule has 124 valence electrons. The summed E-state index contributed by atoms with van der Waals surface area (Å²) < 4.78 is 62.2. The number of nitrogens with zero attached hydrogens (tertiary/aromatic N) is 3. The van der Waals surface area contributed by atoms with E-state index in [0.29, 0.717) is 6.07 Å². The van der Waals surface area contributed by atoms with Crippen molar-refractivity contribution in [2.75, 3.05) is 14.2 Å². The molecule has 2 rings (SSSR count). The van der Waals surface area contributed by atoms with E-state index >= 15 is 0 Å². The first kappa shape index (κ1) is 17.0. The van der Waals surface area contributed by atoms with Crippen LogP contribution in [0, 0.1) is 11.6 Å². The Morgan fingerprint density at radius 2 is 1.70 bits per heavy atom. The lowest BCUT2D eigenvalue weighted by atomic mass is 10.3. The topological polar surface area (TPSA) is 103 Å². The molecule has 1 heterocycles. The van der Waals surface area contributed by atoms with Crippen molar-refractivity contribution in [1.82, 2.24) is 19.7 Å². The lowest BCUT2D eigenvalue weighted by Crippen LogP contribution is -2.25. The third-order valence-corrected chi connectivity index (χ3v) is 4.04. The Hall–Kier alpha value is -2.40. The van der Waals surface area contributed by atoms with Crippen molar-refractivity contribution in [3.05, 3.63) is 35.7 Å². The van der Waals surface area contributed by atoms with Gasteiger partial charge in [0, 0.05) is 6.07 Å². The van der Waals surface area contributed by atoms with Gasteiger partial charge in [-0.1, -0.05) is 0 Å². The summed E-state index contributed by atoms with van der Waals surface area (Å²) in [6.07, 6.45) is 0. The van der Waals surface area contributed by atoms with Crippen molar-refractivity contribution in [2.45, 2.75) is 11.4 Å². The van der Waals surface area contributed by atoms with E-state index in [2.05, 4.69) is 19.7 Å². The molecule has 2 aromatic rings. The molecule has 8 nitrogen and oxygen atoms in total. The quantitative estimate of drug-likeness (QED) is 0.819. The van der Waals surface area contributed by atoms with E-state index in [1.54, 1.807) is 0 Å². The van der Waals surface area contributed by atoms with E-state index < -0.39 is 26.6 Å². The van der Waals surface area contributed by atoms with Crippen LogP contribution in [0.3, 0.4) is 0 Å². The van der Waals surface area contributed by atoms with Crippen molar-refractivity contribution in [1.29, 1.82) is 0 Å². The number of rotatable bonds is 6. The highest BCUT2D eigenvalue weighted by molar-refractivity contribution is 7.89. The zero-order valence-corrected chi connectivity index (χ0v) is 12.9. The number of nitrogens with one attached hydrogen (secondary N) is 1. The van der Waals surface area contributed by atoms with Crippen LogP contribution in [0.2, 0.25) is 0 Å². The van der Waals surface area contributed by atoms with Crippen LogP contribution in [0.25, 0.3) is 0 Å². The van der Waals surface area contributed by atoms with E-state index in [4.69, 9.17) is 9.47 Å². The second-order valence-corrected chi connectivity index (χ2v) is 5.86. The molecule has 0 amide bonds. The van der Waals surface area contributed by atoms with Gasteiger partial charge in [-0.15, -0.1) is 4.98 Å². The summed E-state index contributed by atoms with van der Waals surface area (Å²) in [7, 11) is -1.59. The van der Waals surface area contributed by atoms with E-state index in [0.717, 1.165) is 12.1 Å². The maximum atomic E-state index is 13.6. The fourth-order valence-corrected chi connectivity index (χ4v) is 2.61. The van der Waals surface area contributed by atoms with Crippen LogP contribution >= 0.6 is 0 Å². The molecule has 0 unspecified atom stereocenters. The molecule has 23 heavy (non-hydrogen) atoms. The molecule has 0 fully saturated rings. The van der Waals surface area contributed by atoms with Gasteiger partial charge in [-0.2, -0.15) is 9.97 Å². The minimum atomic E-state index is -4.22.